The van der Waals surface area contributed by atoms with E-state index in [1.54, 1.807) is 6.07 Å². The molecule has 79 heavy (non-hydrogen) atoms. The molecule has 3 heterocycles. The lowest BCUT2D eigenvalue weighted by molar-refractivity contribution is -0.571. The molecular formula is C74H68N4O. The highest BCUT2D eigenvalue weighted by molar-refractivity contribution is 6.09. The van der Waals surface area contributed by atoms with Crippen molar-refractivity contribution in [3.05, 3.63) is 246 Å². The summed E-state index contributed by atoms with van der Waals surface area (Å²) in [4.78, 5) is 4.89. The van der Waals surface area contributed by atoms with Crippen LogP contribution < -0.4 is 9.30 Å². The van der Waals surface area contributed by atoms with Crippen molar-refractivity contribution in [1.82, 2.24) is 14.1 Å². The lowest BCUT2D eigenvalue weighted by Gasteiger charge is -2.24. The van der Waals surface area contributed by atoms with Gasteiger partial charge < -0.3 is 4.74 Å². The molecular weight excluding hydrogens is 961 g/mol. The second-order valence-corrected chi connectivity index (χ2v) is 23.6. The van der Waals surface area contributed by atoms with Crippen molar-refractivity contribution >= 4 is 32.8 Å². The molecule has 5 heteroatoms. The van der Waals surface area contributed by atoms with E-state index in [-0.39, 0.29) is 50.6 Å². The second kappa shape index (κ2) is 19.6. The monoisotopic (exact) mass is 1040 g/mol. The molecule has 0 fully saturated rings. The van der Waals surface area contributed by atoms with Gasteiger partial charge in [0.15, 0.2) is 0 Å². The van der Waals surface area contributed by atoms with E-state index in [2.05, 4.69) is 128 Å². The van der Waals surface area contributed by atoms with Crippen LogP contribution in [0, 0.1) is 20.0 Å². The lowest BCUT2D eigenvalue weighted by Crippen LogP contribution is -2.31. The molecule has 12 rings (SSSR count). The third-order valence-corrected chi connectivity index (χ3v) is 15.0. The molecule has 9 aromatic carbocycles. The number of imidazole rings is 1. The van der Waals surface area contributed by atoms with Crippen molar-refractivity contribution in [2.45, 2.75) is 92.3 Å². The summed E-state index contributed by atoms with van der Waals surface area (Å²) in [6, 6.07) is 53.9. The highest BCUT2D eigenvalue weighted by Crippen LogP contribution is 2.43. The predicted molar refractivity (Wildman–Crippen MR) is 330 cm³/mol. The summed E-state index contributed by atoms with van der Waals surface area (Å²) in [5.74, 6) is 1.83. The van der Waals surface area contributed by atoms with Crippen LogP contribution >= 0.6 is 0 Å². The first-order valence-electron chi connectivity index (χ1n) is 32.3. The Balaban J connectivity index is 1.15. The number of hydrogen-bond donors (Lipinski definition) is 0. The van der Waals surface area contributed by atoms with Crippen LogP contribution in [0.5, 0.6) is 11.5 Å². The molecule has 390 valence electrons. The Morgan fingerprint density at radius 1 is 0.494 bits per heavy atom. The average molecular weight is 1040 g/mol. The van der Waals surface area contributed by atoms with Crippen molar-refractivity contribution in [2.24, 2.45) is 0 Å². The van der Waals surface area contributed by atoms with Gasteiger partial charge in [-0.05, 0) is 169 Å². The van der Waals surface area contributed by atoms with Crippen molar-refractivity contribution in [3.8, 4) is 73.2 Å². The maximum Gasteiger partial charge on any atom is 0.269 e. The van der Waals surface area contributed by atoms with Crippen LogP contribution in [-0.2, 0) is 16.2 Å². The van der Waals surface area contributed by atoms with Gasteiger partial charge >= 0.3 is 0 Å². The van der Waals surface area contributed by atoms with E-state index in [0.717, 1.165) is 55.4 Å². The van der Waals surface area contributed by atoms with Gasteiger partial charge in [0.05, 0.1) is 40.3 Å². The Hall–Kier alpha value is -8.80. The third kappa shape index (κ3) is 9.62. The molecule has 0 saturated carbocycles. The van der Waals surface area contributed by atoms with Crippen molar-refractivity contribution < 1.29 is 24.4 Å². The quantitative estimate of drug-likeness (QED) is 0.107. The van der Waals surface area contributed by atoms with Crippen LogP contribution in [0.15, 0.2) is 212 Å². The standard InChI is InChI=1S/C74H68N4O/c1-48-21-17-22-49(2)70(48)53-33-36-66-68(43-53)76(58-29-20-30-59(45-58)79-60-34-35-62-61-31-15-16-32-65(61)78(67(62)46-60)69-44-57(37-38-75-69)74(9,10)11)47-77(66)71-63(51-25-18-27-55(39-51)72(3,4)5)41-54(50-23-13-12-14-24-50)42-64(71)52-26-19-28-56(40-52)73(6,7)8/h12-46H,1-11H3/i1D3,2D3,12D,13D,14D,23D,24D. The maximum absolute atomic E-state index is 9.32. The highest BCUT2D eigenvalue weighted by Gasteiger charge is 2.26. The minimum absolute atomic E-state index is 0.0388. The summed E-state index contributed by atoms with van der Waals surface area (Å²) >= 11 is 0. The van der Waals surface area contributed by atoms with E-state index in [4.69, 9.17) is 22.1 Å². The van der Waals surface area contributed by atoms with Gasteiger partial charge in [0.2, 0.25) is 0 Å². The molecule has 0 bridgehead atoms. The van der Waals surface area contributed by atoms with Gasteiger partial charge in [0.1, 0.15) is 17.3 Å². The largest absolute Gasteiger partial charge is 0.458 e. The Morgan fingerprint density at radius 2 is 1.11 bits per heavy atom. The fourth-order valence-electron chi connectivity index (χ4n) is 10.7. The van der Waals surface area contributed by atoms with Gasteiger partial charge in [0, 0.05) is 31.3 Å². The summed E-state index contributed by atoms with van der Waals surface area (Å²) in [6.45, 7) is 14.0. The maximum atomic E-state index is 9.32. The zero-order valence-corrected chi connectivity index (χ0v) is 46.0. The summed E-state index contributed by atoms with van der Waals surface area (Å²) in [5.41, 5.74) is 10.2. The number of aryl methyl sites for hydroxylation is 2. The van der Waals surface area contributed by atoms with Crippen molar-refractivity contribution in [3.63, 3.8) is 0 Å². The van der Waals surface area contributed by atoms with E-state index in [0.29, 0.717) is 56.2 Å². The molecule has 0 aliphatic carbocycles. The number of nitrogens with zero attached hydrogens (tertiary/aromatic N) is 4. The van der Waals surface area contributed by atoms with Gasteiger partial charge in [-0.1, -0.05) is 196 Å². The fraction of sp³-hybridized carbons (Fsp3) is 0.189. The molecule has 0 spiro atoms. The number of ether oxygens (including phenoxy) is 1. The Morgan fingerprint density at radius 3 is 1.78 bits per heavy atom. The van der Waals surface area contributed by atoms with E-state index in [9.17, 15) is 2.74 Å². The first-order chi connectivity index (χ1) is 42.4. The lowest BCUT2D eigenvalue weighted by atomic mass is 9.83. The fourth-order valence-corrected chi connectivity index (χ4v) is 10.7. The van der Waals surface area contributed by atoms with Crippen LogP contribution in [0.2, 0.25) is 0 Å². The van der Waals surface area contributed by atoms with Crippen molar-refractivity contribution in [1.29, 1.82) is 0 Å². The Labute approximate surface area is 481 Å². The summed E-state index contributed by atoms with van der Waals surface area (Å²) in [5, 5.41) is 2.10. The van der Waals surface area contributed by atoms with Gasteiger partial charge in [-0.2, -0.15) is 0 Å². The van der Waals surface area contributed by atoms with Crippen LogP contribution in [0.4, 0.5) is 0 Å². The zero-order valence-electron chi connectivity index (χ0n) is 57.0. The molecule has 0 saturated heterocycles. The molecule has 5 nitrogen and oxygen atoms in total. The summed E-state index contributed by atoms with van der Waals surface area (Å²) in [6.07, 6.45) is 5.62. The number of rotatable bonds is 9. The highest BCUT2D eigenvalue weighted by atomic mass is 16.5. The number of aromatic nitrogens is 4. The number of para-hydroxylation sites is 1. The molecule has 0 N–H and O–H groups in total. The molecule has 0 aliphatic rings. The van der Waals surface area contributed by atoms with Crippen LogP contribution in [0.3, 0.4) is 0 Å². The second-order valence-electron chi connectivity index (χ2n) is 23.6. The van der Waals surface area contributed by atoms with Gasteiger partial charge in [0.25, 0.3) is 6.33 Å². The van der Waals surface area contributed by atoms with Crippen LogP contribution in [0.25, 0.3) is 94.5 Å². The normalized spacial score (nSPS) is 14.6. The average Bonchev–Trinajstić information content (AvgIpc) is 1.43. The minimum Gasteiger partial charge on any atom is -0.458 e. The molecule has 0 atom stereocenters. The van der Waals surface area contributed by atoms with E-state index >= 15 is 0 Å². The summed E-state index contributed by atoms with van der Waals surface area (Å²) < 4.78 is 110. The number of benzene rings is 9. The summed E-state index contributed by atoms with van der Waals surface area (Å²) in [7, 11) is 0. The number of hydrogen-bond acceptors (Lipinski definition) is 2. The van der Waals surface area contributed by atoms with E-state index < -0.39 is 31.8 Å². The molecule has 3 aromatic heterocycles. The first kappa shape index (κ1) is 39.5. The molecule has 0 unspecified atom stereocenters. The Bertz CT molecular complexity index is 4720. The predicted octanol–water partition coefficient (Wildman–Crippen LogP) is 19.2. The van der Waals surface area contributed by atoms with Crippen LogP contribution in [0.1, 0.15) is 105 Å². The SMILES string of the molecule is [2H]c1c([2H])c([2H])c(-c2cc(-c3cccc(C(C)(C)C)c3)c(-[n+]3[c-]n(-c4cccc(Oc5ccc6c7ccccc7n(-c7cc(C(C)(C)C)ccn7)c6c5)c4)c4cc(-c5c(C([2H])([2H])[2H])cccc5C([2H])([2H])[2H])ccc43)c(-c3cccc(C(C)(C)C)c3)c2)c([2H])c1[2H]. The Kier molecular flexibility index (Phi) is 9.80. The number of fused-ring (bicyclic) bond motifs is 4. The smallest absolute Gasteiger partial charge is 0.269 e. The van der Waals surface area contributed by atoms with Crippen molar-refractivity contribution in [2.75, 3.05) is 0 Å². The molecule has 0 aliphatic heterocycles. The first-order valence-corrected chi connectivity index (χ1v) is 26.8. The molecule has 12 aromatic rings. The minimum atomic E-state index is -2.69. The zero-order chi connectivity index (χ0) is 64.3. The van der Waals surface area contributed by atoms with Gasteiger partial charge in [-0.25, -0.2) is 4.98 Å². The molecule has 0 amide bonds. The van der Waals surface area contributed by atoms with Gasteiger partial charge in [-0.15, -0.1) is 0 Å². The van der Waals surface area contributed by atoms with Gasteiger partial charge in [-0.3, -0.25) is 13.7 Å². The topological polar surface area (TPSA) is 35.9 Å². The molecule has 0 radical (unpaired) electrons. The van der Waals surface area contributed by atoms with Crippen LogP contribution in [-0.4, -0.2) is 14.1 Å². The van der Waals surface area contributed by atoms with E-state index in [1.165, 1.54) is 18.2 Å². The number of pyridine rings is 1. The van der Waals surface area contributed by atoms with E-state index in [1.807, 2.05) is 112 Å². The third-order valence-electron chi connectivity index (χ3n) is 15.0.